The summed E-state index contributed by atoms with van der Waals surface area (Å²) in [5.74, 6) is -0.479. The number of hydrogen-bond donors (Lipinski definition) is 1. The van der Waals surface area contributed by atoms with Gasteiger partial charge in [-0.15, -0.1) is 0 Å². The summed E-state index contributed by atoms with van der Waals surface area (Å²) >= 11 is 0. The largest absolute Gasteiger partial charge is 0.399 e. The van der Waals surface area contributed by atoms with Gasteiger partial charge in [0.1, 0.15) is 0 Å². The predicted octanol–water partition coefficient (Wildman–Crippen LogP) is 2.32. The van der Waals surface area contributed by atoms with Crippen LogP contribution >= 0.6 is 0 Å². The van der Waals surface area contributed by atoms with E-state index >= 15 is 0 Å². The summed E-state index contributed by atoms with van der Waals surface area (Å²) in [7, 11) is 0. The van der Waals surface area contributed by atoms with Crippen molar-refractivity contribution in [3.05, 3.63) is 73.8 Å². The van der Waals surface area contributed by atoms with E-state index in [1.54, 1.807) is 0 Å². The molecular weight excluding hydrogens is 278 g/mol. The summed E-state index contributed by atoms with van der Waals surface area (Å²) in [6, 6.07) is 9.03. The Morgan fingerprint density at radius 2 is 1.38 bits per heavy atom. The van der Waals surface area contributed by atoms with Crippen LogP contribution in [0.1, 0.15) is 15.9 Å². The van der Waals surface area contributed by atoms with Gasteiger partial charge in [-0.05, 0) is 30.3 Å². The Morgan fingerprint density at radius 1 is 0.857 bits per heavy atom. The van der Waals surface area contributed by atoms with Crippen molar-refractivity contribution in [3.63, 3.8) is 0 Å². The van der Waals surface area contributed by atoms with Crippen molar-refractivity contribution in [3.8, 4) is 0 Å². The van der Waals surface area contributed by atoms with Crippen molar-refractivity contribution in [2.24, 2.45) is 0 Å². The molecule has 21 heavy (non-hydrogen) atoms. The van der Waals surface area contributed by atoms with Gasteiger partial charge in [0.25, 0.3) is 0 Å². The molecule has 0 spiro atoms. The zero-order valence-corrected chi connectivity index (χ0v) is 10.6. The fourth-order valence-corrected chi connectivity index (χ4v) is 1.77. The van der Waals surface area contributed by atoms with E-state index in [2.05, 4.69) is 0 Å². The topological polar surface area (TPSA) is 129 Å². The monoisotopic (exact) mass is 287 g/mol. The molecule has 0 unspecified atom stereocenters. The number of hydrogen-bond acceptors (Lipinski definition) is 6. The molecule has 2 rings (SSSR count). The predicted molar refractivity (Wildman–Crippen MR) is 74.0 cm³/mol. The van der Waals surface area contributed by atoms with Gasteiger partial charge in [-0.3, -0.25) is 25.0 Å². The first kappa shape index (κ1) is 14.1. The fraction of sp³-hybridized carbons (Fsp3) is 0. The molecule has 0 heterocycles. The number of nitro groups is 2. The van der Waals surface area contributed by atoms with Crippen LogP contribution in [0.15, 0.2) is 42.5 Å². The summed E-state index contributed by atoms with van der Waals surface area (Å²) in [4.78, 5) is 32.0. The maximum Gasteiger partial charge on any atom is 0.346 e. The van der Waals surface area contributed by atoms with E-state index in [1.165, 1.54) is 30.3 Å². The lowest BCUT2D eigenvalue weighted by atomic mass is 10.0. The first-order valence-corrected chi connectivity index (χ1v) is 5.73. The Morgan fingerprint density at radius 3 is 1.90 bits per heavy atom. The maximum absolute atomic E-state index is 12.2. The van der Waals surface area contributed by atoms with E-state index in [4.69, 9.17) is 5.73 Å². The lowest BCUT2D eigenvalue weighted by molar-refractivity contribution is -0.422. The second kappa shape index (κ2) is 5.37. The Labute approximate surface area is 118 Å². The molecule has 0 bridgehead atoms. The van der Waals surface area contributed by atoms with Crippen LogP contribution in [0, 0.1) is 20.2 Å². The number of carbonyl (C=O) groups excluding carboxylic acids is 1. The molecule has 0 saturated heterocycles. The minimum atomic E-state index is -0.891. The molecule has 8 nitrogen and oxygen atoms in total. The maximum atomic E-state index is 12.2. The Balaban J connectivity index is 2.47. The Hall–Kier alpha value is -3.29. The number of nitrogen functional groups attached to an aromatic ring is 1. The quantitative estimate of drug-likeness (QED) is 0.397. The number of anilines is 1. The smallest absolute Gasteiger partial charge is 0.346 e. The number of nitrogens with zero attached hydrogens (tertiary/aromatic N) is 2. The van der Waals surface area contributed by atoms with Crippen molar-refractivity contribution in [2.75, 3.05) is 5.73 Å². The van der Waals surface area contributed by atoms with Crippen LogP contribution in [0.2, 0.25) is 0 Å². The van der Waals surface area contributed by atoms with Crippen LogP contribution in [0.3, 0.4) is 0 Å². The molecule has 0 aliphatic heterocycles. The molecule has 0 radical (unpaired) electrons. The standard InChI is InChI=1S/C13H9N3O5/c14-10-4-1-8(2-5-10)13(17)9-3-6-11(15(18)19)12(7-9)16(20)21/h1-7H,14H2. The second-order valence-electron chi connectivity index (χ2n) is 4.17. The van der Waals surface area contributed by atoms with Gasteiger partial charge in [-0.1, -0.05) is 0 Å². The van der Waals surface area contributed by atoms with Gasteiger partial charge in [0.2, 0.25) is 0 Å². The number of ketones is 1. The lowest BCUT2D eigenvalue weighted by Crippen LogP contribution is -2.04. The molecule has 0 aliphatic rings. The van der Waals surface area contributed by atoms with E-state index in [9.17, 15) is 25.0 Å². The summed E-state index contributed by atoms with van der Waals surface area (Å²) < 4.78 is 0. The molecule has 2 N–H and O–H groups in total. The molecule has 0 saturated carbocycles. The fourth-order valence-electron chi connectivity index (χ4n) is 1.77. The van der Waals surface area contributed by atoms with Crippen LogP contribution in [0.4, 0.5) is 17.1 Å². The molecule has 0 atom stereocenters. The van der Waals surface area contributed by atoms with Crippen molar-refractivity contribution in [2.45, 2.75) is 0 Å². The third-order valence-electron chi connectivity index (χ3n) is 2.80. The molecule has 0 fully saturated rings. The third kappa shape index (κ3) is 2.84. The molecule has 0 aliphatic carbocycles. The van der Waals surface area contributed by atoms with E-state index in [-0.39, 0.29) is 11.1 Å². The molecular formula is C13H9N3O5. The van der Waals surface area contributed by atoms with E-state index in [1.807, 2.05) is 0 Å². The third-order valence-corrected chi connectivity index (χ3v) is 2.80. The number of nitro benzene ring substituents is 2. The van der Waals surface area contributed by atoms with Crippen LogP contribution in [-0.2, 0) is 0 Å². The van der Waals surface area contributed by atoms with E-state index < -0.39 is 27.0 Å². The van der Waals surface area contributed by atoms with Crippen LogP contribution in [-0.4, -0.2) is 15.6 Å². The Kier molecular flexibility index (Phi) is 3.61. The number of benzene rings is 2. The number of carbonyl (C=O) groups is 1. The highest BCUT2D eigenvalue weighted by molar-refractivity contribution is 6.09. The summed E-state index contributed by atoms with van der Waals surface area (Å²) in [6.45, 7) is 0. The highest BCUT2D eigenvalue weighted by Crippen LogP contribution is 2.28. The SMILES string of the molecule is Nc1ccc(C(=O)c2ccc([N+](=O)[O-])c([N+](=O)[O-])c2)cc1. The highest BCUT2D eigenvalue weighted by Gasteiger charge is 2.25. The average Bonchev–Trinajstić information content (AvgIpc) is 2.46. The first-order chi connectivity index (χ1) is 9.90. The minimum Gasteiger partial charge on any atom is -0.399 e. The zero-order valence-electron chi connectivity index (χ0n) is 10.6. The normalized spacial score (nSPS) is 10.1. The molecule has 106 valence electrons. The summed E-state index contributed by atoms with van der Waals surface area (Å²) in [5.41, 5.74) is 4.88. The van der Waals surface area contributed by atoms with Gasteiger partial charge in [-0.25, -0.2) is 0 Å². The van der Waals surface area contributed by atoms with Crippen molar-refractivity contribution >= 4 is 22.8 Å². The van der Waals surface area contributed by atoms with Gasteiger partial charge in [0.05, 0.1) is 9.85 Å². The number of nitrogens with two attached hydrogens (primary N) is 1. The van der Waals surface area contributed by atoms with E-state index in [0.717, 1.165) is 12.1 Å². The van der Waals surface area contributed by atoms with Crippen molar-refractivity contribution in [1.82, 2.24) is 0 Å². The van der Waals surface area contributed by atoms with Crippen LogP contribution < -0.4 is 5.73 Å². The van der Waals surface area contributed by atoms with Gasteiger partial charge < -0.3 is 5.73 Å². The van der Waals surface area contributed by atoms with Crippen LogP contribution in [0.5, 0.6) is 0 Å². The first-order valence-electron chi connectivity index (χ1n) is 5.73. The molecule has 0 amide bonds. The molecule has 2 aromatic rings. The van der Waals surface area contributed by atoms with Gasteiger partial charge >= 0.3 is 11.4 Å². The van der Waals surface area contributed by atoms with Gasteiger partial charge in [-0.2, -0.15) is 0 Å². The van der Waals surface area contributed by atoms with Gasteiger partial charge in [0.15, 0.2) is 5.78 Å². The second-order valence-corrected chi connectivity index (χ2v) is 4.17. The zero-order chi connectivity index (χ0) is 15.6. The van der Waals surface area contributed by atoms with Crippen molar-refractivity contribution in [1.29, 1.82) is 0 Å². The summed E-state index contributed by atoms with van der Waals surface area (Å²) in [5, 5.41) is 21.6. The number of rotatable bonds is 4. The molecule has 0 aromatic heterocycles. The highest BCUT2D eigenvalue weighted by atomic mass is 16.6. The van der Waals surface area contributed by atoms with E-state index in [0.29, 0.717) is 5.69 Å². The average molecular weight is 287 g/mol. The molecule has 8 heteroatoms. The lowest BCUT2D eigenvalue weighted by Gasteiger charge is -2.02. The minimum absolute atomic E-state index is 0.00271. The van der Waals surface area contributed by atoms with Crippen LogP contribution in [0.25, 0.3) is 0 Å². The molecule has 2 aromatic carbocycles. The summed E-state index contributed by atoms with van der Waals surface area (Å²) in [6.07, 6.45) is 0. The van der Waals surface area contributed by atoms with Crippen molar-refractivity contribution < 1.29 is 14.6 Å². The van der Waals surface area contributed by atoms with Gasteiger partial charge in [0, 0.05) is 28.9 Å². The Bertz CT molecular complexity index is 740.